The van der Waals surface area contributed by atoms with Crippen molar-refractivity contribution in [2.75, 3.05) is 19.3 Å². The van der Waals surface area contributed by atoms with Gasteiger partial charge in [-0.15, -0.1) is 0 Å². The highest BCUT2D eigenvalue weighted by Gasteiger charge is 2.26. The summed E-state index contributed by atoms with van der Waals surface area (Å²) >= 11 is 0. The first-order valence-electron chi connectivity index (χ1n) is 7.84. The van der Waals surface area contributed by atoms with Crippen LogP contribution in [0.3, 0.4) is 0 Å². The third-order valence-corrected chi connectivity index (χ3v) is 4.62. The highest BCUT2D eigenvalue weighted by molar-refractivity contribution is 7.88. The number of sulfonamides is 1. The van der Waals surface area contributed by atoms with E-state index in [4.69, 9.17) is 0 Å². The van der Waals surface area contributed by atoms with Crippen molar-refractivity contribution in [2.45, 2.75) is 38.3 Å². The Hall–Kier alpha value is -1.67. The summed E-state index contributed by atoms with van der Waals surface area (Å²) in [4.78, 5) is 18.2. The standard InChI is InChI=1S/C15H24N4O3S/c1-23(21,22)18-9-7-14-6-2-3-10-19(14)15(20)17-12-13-5-4-8-16-11-13/h4-5,8,11,14,18H,2-3,6-7,9-10,12H2,1H3,(H,17,20)/t14-/m0/s1. The zero-order valence-corrected chi connectivity index (χ0v) is 14.2. The van der Waals surface area contributed by atoms with Gasteiger partial charge in [0.1, 0.15) is 0 Å². The maximum atomic E-state index is 12.4. The topological polar surface area (TPSA) is 91.4 Å². The monoisotopic (exact) mass is 340 g/mol. The molecule has 2 amide bonds. The second kappa shape index (κ2) is 8.26. The molecule has 0 aromatic carbocycles. The van der Waals surface area contributed by atoms with Crippen LogP contribution in [0.15, 0.2) is 24.5 Å². The fourth-order valence-electron chi connectivity index (χ4n) is 2.76. The number of nitrogens with one attached hydrogen (secondary N) is 2. The quantitative estimate of drug-likeness (QED) is 0.811. The number of urea groups is 1. The van der Waals surface area contributed by atoms with E-state index in [1.165, 1.54) is 0 Å². The van der Waals surface area contributed by atoms with E-state index in [1.54, 1.807) is 12.4 Å². The van der Waals surface area contributed by atoms with E-state index < -0.39 is 10.0 Å². The molecule has 1 aromatic rings. The number of hydrogen-bond donors (Lipinski definition) is 2. The molecule has 0 spiro atoms. The number of aromatic nitrogens is 1. The summed E-state index contributed by atoms with van der Waals surface area (Å²) in [6, 6.07) is 3.73. The third kappa shape index (κ3) is 6.15. The van der Waals surface area contributed by atoms with Gasteiger partial charge in [-0.3, -0.25) is 4.98 Å². The molecular formula is C15H24N4O3S. The van der Waals surface area contributed by atoms with Gasteiger partial charge in [0.05, 0.1) is 6.26 Å². The number of carbonyl (C=O) groups is 1. The highest BCUT2D eigenvalue weighted by Crippen LogP contribution is 2.19. The number of rotatable bonds is 6. The molecule has 1 aliphatic rings. The van der Waals surface area contributed by atoms with Crippen molar-refractivity contribution in [3.8, 4) is 0 Å². The lowest BCUT2D eigenvalue weighted by atomic mass is 10.00. The SMILES string of the molecule is CS(=O)(=O)NCC[C@@H]1CCCCN1C(=O)NCc1cccnc1. The smallest absolute Gasteiger partial charge is 0.317 e. The van der Waals surface area contributed by atoms with E-state index in [0.29, 0.717) is 26.1 Å². The van der Waals surface area contributed by atoms with E-state index in [-0.39, 0.29) is 12.1 Å². The Morgan fingerprint density at radius 1 is 1.43 bits per heavy atom. The molecule has 1 aliphatic heterocycles. The van der Waals surface area contributed by atoms with Crippen LogP contribution in [0.2, 0.25) is 0 Å². The summed E-state index contributed by atoms with van der Waals surface area (Å²) in [5.41, 5.74) is 0.952. The summed E-state index contributed by atoms with van der Waals surface area (Å²) in [5, 5.41) is 2.91. The Balaban J connectivity index is 1.85. The van der Waals surface area contributed by atoms with Crippen LogP contribution in [0.25, 0.3) is 0 Å². The minimum atomic E-state index is -3.18. The third-order valence-electron chi connectivity index (χ3n) is 3.90. The predicted octanol–water partition coefficient (Wildman–Crippen LogP) is 1.08. The molecule has 0 bridgehead atoms. The first-order valence-corrected chi connectivity index (χ1v) is 9.73. The Bertz CT molecular complexity index is 606. The average Bonchev–Trinajstić information content (AvgIpc) is 2.53. The lowest BCUT2D eigenvalue weighted by molar-refractivity contribution is 0.147. The van der Waals surface area contributed by atoms with Crippen molar-refractivity contribution in [1.82, 2.24) is 19.9 Å². The van der Waals surface area contributed by atoms with Crippen LogP contribution >= 0.6 is 0 Å². The molecule has 1 atom stereocenters. The molecule has 1 aromatic heterocycles. The summed E-state index contributed by atoms with van der Waals surface area (Å²) < 4.78 is 24.8. The molecule has 2 rings (SSSR count). The Morgan fingerprint density at radius 3 is 2.96 bits per heavy atom. The molecule has 2 heterocycles. The first kappa shape index (κ1) is 17.7. The molecule has 0 radical (unpaired) electrons. The van der Waals surface area contributed by atoms with Crippen LogP contribution in [0.4, 0.5) is 4.79 Å². The van der Waals surface area contributed by atoms with Gasteiger partial charge in [0.25, 0.3) is 0 Å². The number of nitrogens with zero attached hydrogens (tertiary/aromatic N) is 2. The van der Waals surface area contributed by atoms with Gasteiger partial charge in [-0.25, -0.2) is 17.9 Å². The van der Waals surface area contributed by atoms with Crippen molar-refractivity contribution in [3.05, 3.63) is 30.1 Å². The van der Waals surface area contributed by atoms with Gasteiger partial charge < -0.3 is 10.2 Å². The van der Waals surface area contributed by atoms with Gasteiger partial charge in [0.2, 0.25) is 10.0 Å². The molecule has 128 valence electrons. The number of pyridine rings is 1. The van der Waals surface area contributed by atoms with Crippen LogP contribution in [0.5, 0.6) is 0 Å². The van der Waals surface area contributed by atoms with E-state index in [9.17, 15) is 13.2 Å². The number of likely N-dealkylation sites (tertiary alicyclic amines) is 1. The van der Waals surface area contributed by atoms with Gasteiger partial charge in [0.15, 0.2) is 0 Å². The molecule has 1 fully saturated rings. The number of hydrogen-bond acceptors (Lipinski definition) is 4. The van der Waals surface area contributed by atoms with Crippen LogP contribution in [0, 0.1) is 0 Å². The lowest BCUT2D eigenvalue weighted by Gasteiger charge is -2.35. The first-order chi connectivity index (χ1) is 11.0. The number of carbonyl (C=O) groups excluding carboxylic acids is 1. The summed E-state index contributed by atoms with van der Waals surface area (Å²) in [7, 11) is -3.18. The van der Waals surface area contributed by atoms with Crippen LogP contribution in [-0.4, -0.2) is 49.7 Å². The second-order valence-corrected chi connectivity index (χ2v) is 7.65. The predicted molar refractivity (Wildman–Crippen MR) is 88.3 cm³/mol. The summed E-state index contributed by atoms with van der Waals surface area (Å²) in [5.74, 6) is 0. The fourth-order valence-corrected chi connectivity index (χ4v) is 3.25. The van der Waals surface area contributed by atoms with Crippen LogP contribution in [-0.2, 0) is 16.6 Å². The largest absolute Gasteiger partial charge is 0.334 e. The maximum Gasteiger partial charge on any atom is 0.317 e. The fraction of sp³-hybridized carbons (Fsp3) is 0.600. The average molecular weight is 340 g/mol. The van der Waals surface area contributed by atoms with E-state index in [2.05, 4.69) is 15.0 Å². The minimum absolute atomic E-state index is 0.0758. The van der Waals surface area contributed by atoms with Crippen molar-refractivity contribution in [2.24, 2.45) is 0 Å². The molecule has 1 saturated heterocycles. The normalized spacial score (nSPS) is 18.7. The van der Waals surface area contributed by atoms with E-state index in [0.717, 1.165) is 31.1 Å². The van der Waals surface area contributed by atoms with Crippen molar-refractivity contribution < 1.29 is 13.2 Å². The molecule has 0 unspecified atom stereocenters. The van der Waals surface area contributed by atoms with Crippen LogP contribution < -0.4 is 10.0 Å². The summed E-state index contributed by atoms with van der Waals surface area (Å²) in [6.07, 6.45) is 8.16. The zero-order chi connectivity index (χ0) is 16.7. The van der Waals surface area contributed by atoms with Crippen LogP contribution in [0.1, 0.15) is 31.2 Å². The lowest BCUT2D eigenvalue weighted by Crippen LogP contribution is -2.49. The molecular weight excluding hydrogens is 316 g/mol. The molecule has 2 N–H and O–H groups in total. The van der Waals surface area contributed by atoms with Gasteiger partial charge in [-0.05, 0) is 37.3 Å². The van der Waals surface area contributed by atoms with E-state index >= 15 is 0 Å². The van der Waals surface area contributed by atoms with Gasteiger partial charge in [-0.2, -0.15) is 0 Å². The van der Waals surface area contributed by atoms with Gasteiger partial charge in [0, 0.05) is 38.1 Å². The molecule has 23 heavy (non-hydrogen) atoms. The minimum Gasteiger partial charge on any atom is -0.334 e. The Morgan fingerprint density at radius 2 is 2.26 bits per heavy atom. The molecule has 7 nitrogen and oxygen atoms in total. The molecule has 0 aliphatic carbocycles. The second-order valence-electron chi connectivity index (χ2n) is 5.82. The Labute approximate surface area is 137 Å². The van der Waals surface area contributed by atoms with E-state index in [1.807, 2.05) is 17.0 Å². The zero-order valence-electron chi connectivity index (χ0n) is 13.4. The molecule has 8 heteroatoms. The van der Waals surface area contributed by atoms with Crippen molar-refractivity contribution >= 4 is 16.1 Å². The highest BCUT2D eigenvalue weighted by atomic mass is 32.2. The van der Waals surface area contributed by atoms with Crippen molar-refractivity contribution in [1.29, 1.82) is 0 Å². The Kier molecular flexibility index (Phi) is 6.35. The number of amides is 2. The van der Waals surface area contributed by atoms with Crippen molar-refractivity contribution in [3.63, 3.8) is 0 Å². The van der Waals surface area contributed by atoms with Gasteiger partial charge in [-0.1, -0.05) is 6.07 Å². The summed E-state index contributed by atoms with van der Waals surface area (Å²) in [6.45, 7) is 1.51. The molecule has 0 saturated carbocycles. The maximum absolute atomic E-state index is 12.4. The van der Waals surface area contributed by atoms with Gasteiger partial charge >= 0.3 is 6.03 Å². The number of piperidine rings is 1.